The summed E-state index contributed by atoms with van der Waals surface area (Å²) in [6, 6.07) is 2.01. The Labute approximate surface area is 93.5 Å². The van der Waals surface area contributed by atoms with E-state index in [4.69, 9.17) is 16.9 Å². The Morgan fingerprint density at radius 1 is 1.67 bits per heavy atom. The first-order chi connectivity index (χ1) is 7.24. The Hall–Kier alpha value is -1.34. The van der Waals surface area contributed by atoms with E-state index in [1.807, 2.05) is 13.0 Å². The first-order valence-corrected chi connectivity index (χ1v) is 5.19. The summed E-state index contributed by atoms with van der Waals surface area (Å²) in [5.74, 6) is 0. The first-order valence-electron chi connectivity index (χ1n) is 4.81. The number of carbonyl (C=O) groups is 1. The van der Waals surface area contributed by atoms with Crippen molar-refractivity contribution in [3.63, 3.8) is 0 Å². The van der Waals surface area contributed by atoms with Crippen LogP contribution in [0.15, 0.2) is 0 Å². The molecule has 0 saturated carbocycles. The predicted molar refractivity (Wildman–Crippen MR) is 56.8 cm³/mol. The minimum atomic E-state index is 0.337. The number of carbonyl (C=O) groups excluding carboxylic acids is 1. The Bertz CT molecular complexity index is 392. The third kappa shape index (κ3) is 2.57. The molecular formula is C10H12ClN3O. The lowest BCUT2D eigenvalue weighted by molar-refractivity contribution is 0.112. The fourth-order valence-electron chi connectivity index (χ4n) is 1.34. The van der Waals surface area contributed by atoms with E-state index in [9.17, 15) is 4.79 Å². The van der Waals surface area contributed by atoms with Gasteiger partial charge in [0.25, 0.3) is 0 Å². The van der Waals surface area contributed by atoms with Crippen molar-refractivity contribution in [2.45, 2.75) is 32.7 Å². The summed E-state index contributed by atoms with van der Waals surface area (Å²) in [5.41, 5.74) is 1.17. The molecule has 4 nitrogen and oxygen atoms in total. The van der Waals surface area contributed by atoms with E-state index in [2.05, 4.69) is 5.10 Å². The van der Waals surface area contributed by atoms with E-state index in [0.29, 0.717) is 23.7 Å². The van der Waals surface area contributed by atoms with Gasteiger partial charge in [-0.05, 0) is 6.42 Å². The van der Waals surface area contributed by atoms with Gasteiger partial charge in [-0.2, -0.15) is 10.4 Å². The molecule has 0 aromatic carbocycles. The number of aldehydes is 1. The summed E-state index contributed by atoms with van der Waals surface area (Å²) in [6.45, 7) is 2.44. The normalized spacial score (nSPS) is 9.93. The molecule has 5 heteroatoms. The van der Waals surface area contributed by atoms with Crippen molar-refractivity contribution in [3.8, 4) is 6.07 Å². The number of rotatable bonds is 5. The molecule has 0 unspecified atom stereocenters. The van der Waals surface area contributed by atoms with E-state index >= 15 is 0 Å². The van der Waals surface area contributed by atoms with E-state index in [0.717, 1.165) is 24.8 Å². The second-order valence-corrected chi connectivity index (χ2v) is 3.51. The molecule has 0 aliphatic rings. The summed E-state index contributed by atoms with van der Waals surface area (Å²) in [7, 11) is 0. The molecule has 15 heavy (non-hydrogen) atoms. The topological polar surface area (TPSA) is 58.7 Å². The predicted octanol–water partition coefficient (Wildman–Crippen LogP) is 2.22. The standard InChI is InChI=1S/C10H12ClN3O/c1-2-4-9-8(7-15)10(11)14(13-9)6-3-5-12/h7H,2-4,6H2,1H3. The van der Waals surface area contributed by atoms with Gasteiger partial charge >= 0.3 is 0 Å². The molecule has 0 saturated heterocycles. The number of hydrogen-bond acceptors (Lipinski definition) is 3. The molecule has 0 radical (unpaired) electrons. The zero-order valence-corrected chi connectivity index (χ0v) is 9.29. The molecule has 80 valence electrons. The molecule has 1 aromatic rings. The van der Waals surface area contributed by atoms with Crippen LogP contribution in [0.4, 0.5) is 0 Å². The van der Waals surface area contributed by atoms with Crippen molar-refractivity contribution >= 4 is 17.9 Å². The largest absolute Gasteiger partial charge is 0.298 e. The van der Waals surface area contributed by atoms with Gasteiger partial charge in [0, 0.05) is 0 Å². The summed E-state index contributed by atoms with van der Waals surface area (Å²) >= 11 is 5.96. The lowest BCUT2D eigenvalue weighted by Gasteiger charge is -1.97. The SMILES string of the molecule is CCCc1nn(CCC#N)c(Cl)c1C=O. The summed E-state index contributed by atoms with van der Waals surface area (Å²) < 4.78 is 1.51. The molecule has 1 aromatic heterocycles. The maximum Gasteiger partial charge on any atom is 0.155 e. The van der Waals surface area contributed by atoms with Gasteiger partial charge < -0.3 is 0 Å². The van der Waals surface area contributed by atoms with Crippen LogP contribution in [0.2, 0.25) is 5.15 Å². The Kier molecular flexibility index (Phi) is 4.32. The van der Waals surface area contributed by atoms with Crippen LogP contribution in [0, 0.1) is 11.3 Å². The quantitative estimate of drug-likeness (QED) is 0.722. The summed E-state index contributed by atoms with van der Waals surface area (Å²) in [4.78, 5) is 10.8. The van der Waals surface area contributed by atoms with Crippen molar-refractivity contribution in [2.24, 2.45) is 0 Å². The van der Waals surface area contributed by atoms with Crippen LogP contribution < -0.4 is 0 Å². The van der Waals surface area contributed by atoms with Crippen LogP contribution in [-0.4, -0.2) is 16.1 Å². The number of aromatic nitrogens is 2. The third-order valence-electron chi connectivity index (χ3n) is 2.04. The van der Waals surface area contributed by atoms with Gasteiger partial charge in [-0.25, -0.2) is 0 Å². The van der Waals surface area contributed by atoms with Gasteiger partial charge in [-0.15, -0.1) is 0 Å². The lowest BCUT2D eigenvalue weighted by Crippen LogP contribution is -2.00. The number of nitrogens with zero attached hydrogens (tertiary/aromatic N) is 3. The molecule has 0 N–H and O–H groups in total. The molecule has 1 heterocycles. The zero-order valence-electron chi connectivity index (χ0n) is 8.53. The second-order valence-electron chi connectivity index (χ2n) is 3.15. The van der Waals surface area contributed by atoms with E-state index in [-0.39, 0.29) is 0 Å². The summed E-state index contributed by atoms with van der Waals surface area (Å²) in [5, 5.41) is 13.0. The van der Waals surface area contributed by atoms with E-state index < -0.39 is 0 Å². The van der Waals surface area contributed by atoms with Crippen LogP contribution in [0.1, 0.15) is 35.8 Å². The van der Waals surface area contributed by atoms with Crippen molar-refractivity contribution in [3.05, 3.63) is 16.4 Å². The highest BCUT2D eigenvalue weighted by Crippen LogP contribution is 2.19. The molecule has 1 rings (SSSR count). The fraction of sp³-hybridized carbons (Fsp3) is 0.500. The van der Waals surface area contributed by atoms with Crippen molar-refractivity contribution < 1.29 is 4.79 Å². The highest BCUT2D eigenvalue weighted by molar-refractivity contribution is 6.32. The van der Waals surface area contributed by atoms with Gasteiger partial charge in [0.1, 0.15) is 5.15 Å². The molecule has 0 aliphatic carbocycles. The van der Waals surface area contributed by atoms with Crippen molar-refractivity contribution in [1.82, 2.24) is 9.78 Å². The minimum absolute atomic E-state index is 0.337. The average molecular weight is 226 g/mol. The zero-order chi connectivity index (χ0) is 11.3. The maximum atomic E-state index is 10.8. The smallest absolute Gasteiger partial charge is 0.155 e. The average Bonchev–Trinajstić information content (AvgIpc) is 2.52. The molecule has 0 atom stereocenters. The maximum absolute atomic E-state index is 10.8. The third-order valence-corrected chi connectivity index (χ3v) is 2.44. The van der Waals surface area contributed by atoms with Crippen LogP contribution in [0.5, 0.6) is 0 Å². The van der Waals surface area contributed by atoms with Crippen LogP contribution in [0.3, 0.4) is 0 Å². The van der Waals surface area contributed by atoms with Gasteiger partial charge in [0.2, 0.25) is 0 Å². The Morgan fingerprint density at radius 2 is 2.40 bits per heavy atom. The molecule has 0 aliphatic heterocycles. The number of hydrogen-bond donors (Lipinski definition) is 0. The second kappa shape index (κ2) is 5.52. The number of halogens is 1. The Morgan fingerprint density at radius 3 is 2.93 bits per heavy atom. The molecular weight excluding hydrogens is 214 g/mol. The van der Waals surface area contributed by atoms with Crippen LogP contribution >= 0.6 is 11.6 Å². The highest BCUT2D eigenvalue weighted by atomic mass is 35.5. The summed E-state index contributed by atoms with van der Waals surface area (Å²) in [6.07, 6.45) is 2.70. The Balaban J connectivity index is 2.99. The molecule has 0 fully saturated rings. The molecule has 0 spiro atoms. The van der Waals surface area contributed by atoms with Crippen LogP contribution in [0.25, 0.3) is 0 Å². The van der Waals surface area contributed by atoms with Gasteiger partial charge in [0.15, 0.2) is 6.29 Å². The van der Waals surface area contributed by atoms with Gasteiger partial charge in [-0.3, -0.25) is 9.48 Å². The molecule has 0 bridgehead atoms. The van der Waals surface area contributed by atoms with Crippen LogP contribution in [-0.2, 0) is 13.0 Å². The van der Waals surface area contributed by atoms with Crippen molar-refractivity contribution in [2.75, 3.05) is 0 Å². The van der Waals surface area contributed by atoms with Gasteiger partial charge in [0.05, 0.1) is 30.3 Å². The van der Waals surface area contributed by atoms with Gasteiger partial charge in [-0.1, -0.05) is 24.9 Å². The van der Waals surface area contributed by atoms with E-state index in [1.54, 1.807) is 0 Å². The van der Waals surface area contributed by atoms with Crippen molar-refractivity contribution in [1.29, 1.82) is 5.26 Å². The number of aryl methyl sites for hydroxylation is 2. The highest BCUT2D eigenvalue weighted by Gasteiger charge is 2.14. The lowest BCUT2D eigenvalue weighted by atomic mass is 10.2. The number of nitriles is 1. The van der Waals surface area contributed by atoms with E-state index in [1.165, 1.54) is 4.68 Å². The molecule has 0 amide bonds. The first kappa shape index (κ1) is 11.7. The fourth-order valence-corrected chi connectivity index (χ4v) is 1.62. The minimum Gasteiger partial charge on any atom is -0.298 e. The monoisotopic (exact) mass is 225 g/mol.